The summed E-state index contributed by atoms with van der Waals surface area (Å²) < 4.78 is 4.76. The molecule has 3 rings (SSSR count). The maximum absolute atomic E-state index is 12.7. The number of nitrogens with zero attached hydrogens (tertiary/aromatic N) is 1. The van der Waals surface area contributed by atoms with Crippen LogP contribution in [0.4, 0.5) is 11.4 Å². The van der Waals surface area contributed by atoms with Gasteiger partial charge in [-0.2, -0.15) is 0 Å². The Labute approximate surface area is 162 Å². The van der Waals surface area contributed by atoms with E-state index in [4.69, 9.17) is 4.74 Å². The molecule has 0 saturated heterocycles. The molecule has 28 heavy (non-hydrogen) atoms. The number of anilines is 1. The summed E-state index contributed by atoms with van der Waals surface area (Å²) in [4.78, 5) is 29.3. The van der Waals surface area contributed by atoms with E-state index >= 15 is 0 Å². The van der Waals surface area contributed by atoms with E-state index in [0.29, 0.717) is 11.4 Å². The molecule has 0 radical (unpaired) electrons. The van der Waals surface area contributed by atoms with Crippen LogP contribution in [0.2, 0.25) is 0 Å². The van der Waals surface area contributed by atoms with Crippen LogP contribution < -0.4 is 5.32 Å². The van der Waals surface area contributed by atoms with E-state index in [-0.39, 0.29) is 17.0 Å². The molecule has 0 aromatic heterocycles. The lowest BCUT2D eigenvalue weighted by Gasteiger charge is -2.19. The Morgan fingerprint density at radius 3 is 2.14 bits per heavy atom. The van der Waals surface area contributed by atoms with E-state index in [0.717, 1.165) is 11.1 Å². The van der Waals surface area contributed by atoms with E-state index in [1.165, 1.54) is 13.2 Å². The maximum atomic E-state index is 12.7. The number of rotatable bonds is 4. The molecule has 0 unspecified atom stereocenters. The van der Waals surface area contributed by atoms with Gasteiger partial charge in [-0.3, -0.25) is 4.79 Å². The molecule has 1 aliphatic rings. The molecular formula is C22H20N2O4. The second kappa shape index (κ2) is 7.92. The van der Waals surface area contributed by atoms with Crippen molar-refractivity contribution in [3.63, 3.8) is 0 Å². The van der Waals surface area contributed by atoms with Crippen LogP contribution in [0, 0.1) is 13.8 Å². The van der Waals surface area contributed by atoms with Crippen LogP contribution in [-0.4, -0.2) is 29.7 Å². The van der Waals surface area contributed by atoms with Crippen LogP contribution in [0.3, 0.4) is 0 Å². The summed E-state index contributed by atoms with van der Waals surface area (Å²) in [5.41, 5.74) is 2.94. The lowest BCUT2D eigenvalue weighted by Crippen LogP contribution is -2.29. The Balaban J connectivity index is 2.03. The van der Waals surface area contributed by atoms with Crippen molar-refractivity contribution in [3.05, 3.63) is 82.8 Å². The Kier molecular flexibility index (Phi) is 5.40. The van der Waals surface area contributed by atoms with E-state index in [9.17, 15) is 14.7 Å². The third kappa shape index (κ3) is 4.01. The van der Waals surface area contributed by atoms with Gasteiger partial charge >= 0.3 is 5.97 Å². The highest BCUT2D eigenvalue weighted by Gasteiger charge is 2.32. The fourth-order valence-corrected chi connectivity index (χ4v) is 2.68. The first kappa shape index (κ1) is 19.1. The third-order valence-electron chi connectivity index (χ3n) is 4.23. The van der Waals surface area contributed by atoms with Crippen LogP contribution in [0.15, 0.2) is 76.6 Å². The first-order chi connectivity index (χ1) is 13.4. The van der Waals surface area contributed by atoms with Crippen molar-refractivity contribution >= 4 is 28.8 Å². The molecule has 6 nitrogen and oxygen atoms in total. The number of nitrogens with one attached hydrogen (secondary N) is 1. The molecule has 0 spiro atoms. The van der Waals surface area contributed by atoms with E-state index in [1.54, 1.807) is 12.1 Å². The number of aliphatic imine (C=N–C) groups is 1. The topological polar surface area (TPSA) is 88.0 Å². The summed E-state index contributed by atoms with van der Waals surface area (Å²) in [5, 5.41) is 13.6. The van der Waals surface area contributed by atoms with Crippen molar-refractivity contribution in [2.75, 3.05) is 12.4 Å². The lowest BCUT2D eigenvalue weighted by molar-refractivity contribution is -0.135. The Morgan fingerprint density at radius 2 is 1.57 bits per heavy atom. The zero-order chi connectivity index (χ0) is 20.3. The zero-order valence-corrected chi connectivity index (χ0v) is 15.8. The van der Waals surface area contributed by atoms with Crippen molar-refractivity contribution in [2.45, 2.75) is 13.8 Å². The van der Waals surface area contributed by atoms with Crippen molar-refractivity contribution in [1.82, 2.24) is 0 Å². The van der Waals surface area contributed by atoms with Gasteiger partial charge in [0.15, 0.2) is 5.76 Å². The molecule has 142 valence electrons. The van der Waals surface area contributed by atoms with Crippen molar-refractivity contribution in [3.8, 4) is 0 Å². The molecule has 0 aliphatic heterocycles. The number of esters is 1. The minimum atomic E-state index is -0.840. The number of allylic oxidation sites excluding steroid dienone is 1. The predicted molar refractivity (Wildman–Crippen MR) is 108 cm³/mol. The number of ketones is 1. The van der Waals surface area contributed by atoms with Crippen LogP contribution in [0.5, 0.6) is 0 Å². The lowest BCUT2D eigenvalue weighted by atomic mass is 9.97. The minimum absolute atomic E-state index is 0.108. The normalized spacial score (nSPS) is 15.5. The van der Waals surface area contributed by atoms with Crippen LogP contribution in [0.25, 0.3) is 0 Å². The largest absolute Gasteiger partial charge is 0.505 e. The van der Waals surface area contributed by atoms with Crippen LogP contribution >= 0.6 is 0 Å². The second-order valence-corrected chi connectivity index (χ2v) is 6.42. The highest BCUT2D eigenvalue weighted by Crippen LogP contribution is 2.25. The SMILES string of the molecule is COC(=O)C1=C(O)C(Nc2ccc(C)cc2)=CC(=O)C1=Nc1ccc(C)cc1. The number of benzene rings is 2. The van der Waals surface area contributed by atoms with Gasteiger partial charge in [0, 0.05) is 11.8 Å². The fraction of sp³-hybridized carbons (Fsp3) is 0.136. The van der Waals surface area contributed by atoms with Gasteiger partial charge in [0.2, 0.25) is 5.78 Å². The second-order valence-electron chi connectivity index (χ2n) is 6.42. The molecule has 0 bridgehead atoms. The van der Waals surface area contributed by atoms with Crippen molar-refractivity contribution < 1.29 is 19.4 Å². The number of aliphatic hydroxyl groups excluding tert-OH is 1. The molecule has 0 saturated carbocycles. The Hall–Kier alpha value is -3.67. The van der Waals surface area contributed by atoms with E-state index in [1.807, 2.05) is 50.2 Å². The summed E-state index contributed by atoms with van der Waals surface area (Å²) in [6.07, 6.45) is 1.22. The molecule has 0 atom stereocenters. The summed E-state index contributed by atoms with van der Waals surface area (Å²) >= 11 is 0. The third-order valence-corrected chi connectivity index (χ3v) is 4.23. The monoisotopic (exact) mass is 376 g/mol. The van der Waals surface area contributed by atoms with Gasteiger partial charge in [0.25, 0.3) is 0 Å². The Bertz CT molecular complexity index is 1010. The molecule has 6 heteroatoms. The van der Waals surface area contributed by atoms with Gasteiger partial charge < -0.3 is 15.2 Å². The van der Waals surface area contributed by atoms with Gasteiger partial charge in [-0.05, 0) is 38.1 Å². The van der Waals surface area contributed by atoms with Gasteiger partial charge in [-0.25, -0.2) is 9.79 Å². The highest BCUT2D eigenvalue weighted by atomic mass is 16.5. The number of hydrogen-bond donors (Lipinski definition) is 2. The smallest absolute Gasteiger partial charge is 0.344 e. The average molecular weight is 376 g/mol. The Morgan fingerprint density at radius 1 is 1.00 bits per heavy atom. The van der Waals surface area contributed by atoms with Gasteiger partial charge in [0.05, 0.1) is 18.5 Å². The van der Waals surface area contributed by atoms with E-state index in [2.05, 4.69) is 10.3 Å². The van der Waals surface area contributed by atoms with E-state index < -0.39 is 17.5 Å². The summed E-state index contributed by atoms with van der Waals surface area (Å²) in [5.74, 6) is -1.74. The first-order valence-electron chi connectivity index (χ1n) is 8.66. The molecule has 0 fully saturated rings. The molecular weight excluding hydrogens is 356 g/mol. The van der Waals surface area contributed by atoms with Crippen LogP contribution in [-0.2, 0) is 14.3 Å². The van der Waals surface area contributed by atoms with Gasteiger partial charge in [-0.15, -0.1) is 0 Å². The number of aryl methyl sites for hydroxylation is 2. The summed E-state index contributed by atoms with van der Waals surface area (Å²) in [7, 11) is 1.18. The molecule has 2 aromatic rings. The highest BCUT2D eigenvalue weighted by molar-refractivity contribution is 6.56. The number of carbonyl (C=O) groups excluding carboxylic acids is 2. The maximum Gasteiger partial charge on any atom is 0.344 e. The summed E-state index contributed by atoms with van der Waals surface area (Å²) in [6.45, 7) is 3.88. The molecule has 2 N–H and O–H groups in total. The molecule has 0 heterocycles. The number of hydrogen-bond acceptors (Lipinski definition) is 6. The van der Waals surface area contributed by atoms with Crippen molar-refractivity contribution in [1.29, 1.82) is 0 Å². The van der Waals surface area contributed by atoms with Crippen LogP contribution in [0.1, 0.15) is 11.1 Å². The van der Waals surface area contributed by atoms with Crippen molar-refractivity contribution in [2.24, 2.45) is 4.99 Å². The number of carbonyl (C=O) groups is 2. The van der Waals surface area contributed by atoms with Gasteiger partial charge in [-0.1, -0.05) is 35.4 Å². The number of methoxy groups -OCH3 is 1. The average Bonchev–Trinajstić information content (AvgIpc) is 2.68. The first-order valence-corrected chi connectivity index (χ1v) is 8.66. The summed E-state index contributed by atoms with van der Waals surface area (Å²) in [6, 6.07) is 14.5. The zero-order valence-electron chi connectivity index (χ0n) is 15.8. The fourth-order valence-electron chi connectivity index (χ4n) is 2.68. The predicted octanol–water partition coefficient (Wildman–Crippen LogP) is 3.94. The van der Waals surface area contributed by atoms with Gasteiger partial charge in [0.1, 0.15) is 11.3 Å². The number of aliphatic hydroxyl groups is 1. The molecule has 2 aromatic carbocycles. The minimum Gasteiger partial charge on any atom is -0.505 e. The number of ether oxygens (including phenoxy) is 1. The molecule has 1 aliphatic carbocycles. The molecule has 0 amide bonds. The standard InChI is InChI=1S/C22H20N2O4/c1-13-4-8-15(9-5-13)23-17-12-18(25)20(19(21(17)26)22(27)28-3)24-16-10-6-14(2)7-11-16/h4-12,23,26H,1-3H3. The quantitative estimate of drug-likeness (QED) is 0.623.